The molecule has 1 aromatic carbocycles. The lowest BCUT2D eigenvalue weighted by molar-refractivity contribution is 0.174. The number of carbonyl (C=O) groups excluding carboxylic acids is 1. The fraction of sp³-hybridized carbons (Fsp3) is 0.542. The van der Waals surface area contributed by atoms with Crippen LogP contribution in [-0.2, 0) is 19.3 Å². The van der Waals surface area contributed by atoms with E-state index in [9.17, 15) is 9.18 Å². The molecule has 2 aliphatic carbocycles. The highest BCUT2D eigenvalue weighted by molar-refractivity contribution is 7.12. The van der Waals surface area contributed by atoms with Gasteiger partial charge in [0, 0.05) is 22.3 Å². The van der Waals surface area contributed by atoms with Crippen LogP contribution >= 0.6 is 11.3 Å². The van der Waals surface area contributed by atoms with Crippen molar-refractivity contribution in [2.75, 3.05) is 6.54 Å². The van der Waals surface area contributed by atoms with Crippen molar-refractivity contribution < 1.29 is 9.18 Å². The zero-order chi connectivity index (χ0) is 19.8. The molecule has 5 heteroatoms. The van der Waals surface area contributed by atoms with Crippen LogP contribution < -0.4 is 5.32 Å². The smallest absolute Gasteiger partial charge is 0.318 e. The molecule has 2 amide bonds. The Morgan fingerprint density at radius 2 is 1.72 bits per heavy atom. The first-order chi connectivity index (χ1) is 14.2. The Balaban J connectivity index is 1.49. The zero-order valence-corrected chi connectivity index (χ0v) is 17.7. The lowest BCUT2D eigenvalue weighted by Crippen LogP contribution is -2.49. The van der Waals surface area contributed by atoms with Gasteiger partial charge in [-0.1, -0.05) is 31.4 Å². The molecule has 0 radical (unpaired) electrons. The molecule has 2 heterocycles. The van der Waals surface area contributed by atoms with Crippen LogP contribution in [0, 0.1) is 5.82 Å². The van der Waals surface area contributed by atoms with Gasteiger partial charge in [-0.05, 0) is 73.8 Å². The first-order valence-electron chi connectivity index (χ1n) is 11.2. The average molecular weight is 413 g/mol. The van der Waals surface area contributed by atoms with Crippen molar-refractivity contribution in [3.63, 3.8) is 0 Å². The maximum atomic E-state index is 13.6. The van der Waals surface area contributed by atoms with E-state index < -0.39 is 0 Å². The molecule has 29 heavy (non-hydrogen) atoms. The van der Waals surface area contributed by atoms with Crippen LogP contribution in [0.15, 0.2) is 24.3 Å². The summed E-state index contributed by atoms with van der Waals surface area (Å²) in [4.78, 5) is 18.2. The third-order valence-corrected chi connectivity index (χ3v) is 8.24. The molecule has 1 aliphatic heterocycles. The van der Waals surface area contributed by atoms with Gasteiger partial charge in [0.05, 0.1) is 6.04 Å². The van der Waals surface area contributed by atoms with Gasteiger partial charge in [-0.25, -0.2) is 9.18 Å². The van der Waals surface area contributed by atoms with E-state index in [-0.39, 0.29) is 17.9 Å². The molecule has 5 rings (SSSR count). The summed E-state index contributed by atoms with van der Waals surface area (Å²) in [7, 11) is 0. The summed E-state index contributed by atoms with van der Waals surface area (Å²) in [5.74, 6) is -0.228. The van der Waals surface area contributed by atoms with Gasteiger partial charge in [0.25, 0.3) is 0 Å². The van der Waals surface area contributed by atoms with Crippen LogP contribution in [-0.4, -0.2) is 23.5 Å². The van der Waals surface area contributed by atoms with Crippen LogP contribution in [0.1, 0.15) is 77.4 Å². The minimum absolute atomic E-state index is 0.0447. The Hall–Kier alpha value is -1.88. The van der Waals surface area contributed by atoms with Gasteiger partial charge in [0.2, 0.25) is 0 Å². The van der Waals surface area contributed by atoms with Crippen molar-refractivity contribution in [3.8, 4) is 0 Å². The zero-order valence-electron chi connectivity index (χ0n) is 16.9. The topological polar surface area (TPSA) is 32.3 Å². The van der Waals surface area contributed by atoms with E-state index in [4.69, 9.17) is 0 Å². The highest BCUT2D eigenvalue weighted by Gasteiger charge is 2.37. The molecule has 0 unspecified atom stereocenters. The fourth-order valence-corrected chi connectivity index (χ4v) is 6.93. The third-order valence-electron chi connectivity index (χ3n) is 6.85. The average Bonchev–Trinajstić information content (AvgIpc) is 3.13. The molecular formula is C24H29FN2OS. The second-order valence-corrected chi connectivity index (χ2v) is 9.87. The Bertz CT molecular complexity index is 885. The summed E-state index contributed by atoms with van der Waals surface area (Å²) < 4.78 is 13.6. The van der Waals surface area contributed by atoms with Crippen molar-refractivity contribution in [1.82, 2.24) is 10.2 Å². The van der Waals surface area contributed by atoms with E-state index in [2.05, 4.69) is 5.32 Å². The number of nitrogens with one attached hydrogen (secondary N) is 1. The van der Waals surface area contributed by atoms with E-state index in [0.717, 1.165) is 37.8 Å². The van der Waals surface area contributed by atoms with Gasteiger partial charge in [-0.3, -0.25) is 0 Å². The number of thiophene rings is 1. The molecular weight excluding hydrogens is 383 g/mol. The SMILES string of the molecule is O=C(NC1CCCCC1)N1CCc2c(sc3c2CCCC3)[C@@H]1c1ccc(F)cc1. The van der Waals surface area contributed by atoms with Crippen molar-refractivity contribution in [2.45, 2.75) is 76.3 Å². The van der Waals surface area contributed by atoms with Crippen molar-refractivity contribution in [3.05, 3.63) is 56.5 Å². The standard InChI is InChI=1S/C24H29FN2OS/c25-17-12-10-16(11-13-17)22-23-20(19-8-4-5-9-21(19)29-23)14-15-27(22)24(28)26-18-6-2-1-3-7-18/h10-13,18,22H,1-9,14-15H2,(H,26,28)/t22-/m0/s1. The van der Waals surface area contributed by atoms with Crippen LogP contribution in [0.25, 0.3) is 0 Å². The first-order valence-corrected chi connectivity index (χ1v) is 12.0. The molecule has 1 aromatic heterocycles. The van der Waals surface area contributed by atoms with E-state index in [1.807, 2.05) is 28.4 Å². The van der Waals surface area contributed by atoms with Gasteiger partial charge in [-0.2, -0.15) is 0 Å². The van der Waals surface area contributed by atoms with Crippen molar-refractivity contribution >= 4 is 17.4 Å². The molecule has 3 nitrogen and oxygen atoms in total. The lowest BCUT2D eigenvalue weighted by Gasteiger charge is -2.37. The van der Waals surface area contributed by atoms with E-state index in [0.29, 0.717) is 6.04 Å². The molecule has 1 atom stereocenters. The number of rotatable bonds is 2. The van der Waals surface area contributed by atoms with Crippen LogP contribution in [0.5, 0.6) is 0 Å². The molecule has 1 saturated carbocycles. The fourth-order valence-electron chi connectivity index (χ4n) is 5.35. The van der Waals surface area contributed by atoms with E-state index in [1.165, 1.54) is 66.0 Å². The number of hydrogen-bond donors (Lipinski definition) is 1. The number of amides is 2. The van der Waals surface area contributed by atoms with Gasteiger partial charge in [0.15, 0.2) is 0 Å². The molecule has 0 saturated heterocycles. The molecule has 1 N–H and O–H groups in total. The van der Waals surface area contributed by atoms with Crippen molar-refractivity contribution in [1.29, 1.82) is 0 Å². The Morgan fingerprint density at radius 1 is 0.966 bits per heavy atom. The first kappa shape index (κ1) is 19.1. The quantitative estimate of drug-likeness (QED) is 0.669. The number of fused-ring (bicyclic) bond motifs is 3. The second-order valence-electron chi connectivity index (χ2n) is 8.74. The summed E-state index contributed by atoms with van der Waals surface area (Å²) in [5.41, 5.74) is 4.04. The van der Waals surface area contributed by atoms with E-state index in [1.54, 1.807) is 5.56 Å². The van der Waals surface area contributed by atoms with Crippen molar-refractivity contribution in [2.24, 2.45) is 0 Å². The predicted octanol–water partition coefficient (Wildman–Crippen LogP) is 5.76. The molecule has 3 aliphatic rings. The van der Waals surface area contributed by atoms with Crippen LogP contribution in [0.4, 0.5) is 9.18 Å². The maximum absolute atomic E-state index is 13.6. The number of urea groups is 1. The Labute approximate surface area is 176 Å². The number of hydrogen-bond acceptors (Lipinski definition) is 2. The number of halogens is 1. The number of benzene rings is 1. The van der Waals surface area contributed by atoms with Gasteiger partial charge >= 0.3 is 6.03 Å². The predicted molar refractivity (Wildman–Crippen MR) is 115 cm³/mol. The summed E-state index contributed by atoms with van der Waals surface area (Å²) in [6, 6.07) is 7.00. The minimum Gasteiger partial charge on any atom is -0.335 e. The summed E-state index contributed by atoms with van der Waals surface area (Å²) >= 11 is 1.90. The van der Waals surface area contributed by atoms with Gasteiger partial charge in [0.1, 0.15) is 5.82 Å². The maximum Gasteiger partial charge on any atom is 0.318 e. The minimum atomic E-state index is -0.228. The summed E-state index contributed by atoms with van der Waals surface area (Å²) in [6.45, 7) is 0.733. The Kier molecular flexibility index (Phi) is 5.33. The van der Waals surface area contributed by atoms with Crippen LogP contribution in [0.2, 0.25) is 0 Å². The molecule has 2 aromatic rings. The number of carbonyl (C=O) groups is 1. The molecule has 154 valence electrons. The third kappa shape index (κ3) is 3.70. The Morgan fingerprint density at radius 3 is 2.52 bits per heavy atom. The highest BCUT2D eigenvalue weighted by atomic mass is 32.1. The molecule has 0 bridgehead atoms. The van der Waals surface area contributed by atoms with Gasteiger partial charge < -0.3 is 10.2 Å². The molecule has 0 spiro atoms. The van der Waals surface area contributed by atoms with E-state index >= 15 is 0 Å². The summed E-state index contributed by atoms with van der Waals surface area (Å²) in [5, 5.41) is 3.31. The molecule has 1 fully saturated rings. The lowest BCUT2D eigenvalue weighted by atomic mass is 9.88. The van der Waals surface area contributed by atoms with Gasteiger partial charge in [-0.15, -0.1) is 11.3 Å². The monoisotopic (exact) mass is 412 g/mol. The normalized spacial score (nSPS) is 22.1. The van der Waals surface area contributed by atoms with Crippen LogP contribution in [0.3, 0.4) is 0 Å². The largest absolute Gasteiger partial charge is 0.335 e. The number of aryl methyl sites for hydroxylation is 1. The second kappa shape index (κ2) is 8.10. The highest BCUT2D eigenvalue weighted by Crippen LogP contribution is 2.45. The number of nitrogens with zero attached hydrogens (tertiary/aromatic N) is 1. The summed E-state index contributed by atoms with van der Waals surface area (Å²) in [6.07, 6.45) is 11.7.